The fraction of sp³-hybridized carbons (Fsp3) is 1.00. The molecule has 2 N–H and O–H groups in total. The highest BCUT2D eigenvalue weighted by Gasteiger charge is 2.25. The molecule has 0 spiro atoms. The second-order valence-electron chi connectivity index (χ2n) is 5.93. The van der Waals surface area contributed by atoms with Crippen LogP contribution >= 0.6 is 0 Å². The molecule has 1 aliphatic carbocycles. The molecule has 0 aromatic heterocycles. The lowest BCUT2D eigenvalue weighted by Crippen LogP contribution is -2.44. The van der Waals surface area contributed by atoms with Crippen LogP contribution in [0.25, 0.3) is 0 Å². The summed E-state index contributed by atoms with van der Waals surface area (Å²) < 4.78 is 0. The second-order valence-corrected chi connectivity index (χ2v) is 5.93. The van der Waals surface area contributed by atoms with Gasteiger partial charge in [-0.05, 0) is 45.7 Å². The first-order valence-corrected chi connectivity index (χ1v) is 7.73. The number of rotatable bonds is 7. The molecule has 0 saturated heterocycles. The van der Waals surface area contributed by atoms with Crippen molar-refractivity contribution in [2.75, 3.05) is 26.7 Å². The van der Waals surface area contributed by atoms with Crippen LogP contribution in [0.3, 0.4) is 0 Å². The Balaban J connectivity index is 2.50. The van der Waals surface area contributed by atoms with Crippen molar-refractivity contribution in [3.8, 4) is 0 Å². The Kier molecular flexibility index (Phi) is 7.87. The quantitative estimate of drug-likeness (QED) is 0.686. The van der Waals surface area contributed by atoms with E-state index in [1.165, 1.54) is 38.5 Å². The van der Waals surface area contributed by atoms with Crippen LogP contribution in [0.2, 0.25) is 0 Å². The molecule has 3 nitrogen and oxygen atoms in total. The van der Waals surface area contributed by atoms with Crippen LogP contribution in [0.15, 0.2) is 0 Å². The van der Waals surface area contributed by atoms with Gasteiger partial charge in [-0.25, -0.2) is 0 Å². The summed E-state index contributed by atoms with van der Waals surface area (Å²) >= 11 is 0. The molecule has 0 aromatic rings. The van der Waals surface area contributed by atoms with E-state index < -0.39 is 0 Å². The molecule has 0 amide bonds. The molecular weight excluding hydrogens is 224 g/mol. The molecule has 0 aromatic carbocycles. The highest BCUT2D eigenvalue weighted by molar-refractivity contribution is 4.82. The van der Waals surface area contributed by atoms with E-state index in [2.05, 4.69) is 31.1 Å². The van der Waals surface area contributed by atoms with Crippen molar-refractivity contribution in [3.05, 3.63) is 0 Å². The van der Waals surface area contributed by atoms with E-state index in [0.717, 1.165) is 19.0 Å². The molecule has 1 saturated carbocycles. The van der Waals surface area contributed by atoms with Gasteiger partial charge < -0.3 is 15.3 Å². The topological polar surface area (TPSA) is 35.5 Å². The second kappa shape index (κ2) is 8.89. The molecule has 1 fully saturated rings. The predicted octanol–water partition coefficient (Wildman–Crippen LogP) is 2.25. The Labute approximate surface area is 113 Å². The minimum absolute atomic E-state index is 0.260. The first-order chi connectivity index (χ1) is 8.69. The molecule has 1 aliphatic rings. The molecule has 0 heterocycles. The Morgan fingerprint density at radius 1 is 1.28 bits per heavy atom. The van der Waals surface area contributed by atoms with Gasteiger partial charge in [-0.2, -0.15) is 0 Å². The van der Waals surface area contributed by atoms with E-state index in [4.69, 9.17) is 0 Å². The van der Waals surface area contributed by atoms with Crippen LogP contribution in [0.1, 0.15) is 52.4 Å². The first kappa shape index (κ1) is 15.9. The maximum atomic E-state index is 9.24. The van der Waals surface area contributed by atoms with Gasteiger partial charge in [0, 0.05) is 18.6 Å². The smallest absolute Gasteiger partial charge is 0.0584 e. The van der Waals surface area contributed by atoms with Crippen LogP contribution in [-0.2, 0) is 0 Å². The zero-order chi connectivity index (χ0) is 13.4. The van der Waals surface area contributed by atoms with Gasteiger partial charge in [0.2, 0.25) is 0 Å². The summed E-state index contributed by atoms with van der Waals surface area (Å²) in [6.07, 6.45) is 8.01. The largest absolute Gasteiger partial charge is 0.395 e. The van der Waals surface area contributed by atoms with E-state index in [1.54, 1.807) is 0 Å². The summed E-state index contributed by atoms with van der Waals surface area (Å²) in [6.45, 7) is 6.85. The molecular formula is C15H32N2O. The minimum atomic E-state index is 0.260. The van der Waals surface area contributed by atoms with Crippen molar-refractivity contribution in [2.24, 2.45) is 5.92 Å². The normalized spacial score (nSPS) is 27.2. The average Bonchev–Trinajstić information content (AvgIpc) is 2.60. The molecule has 3 unspecified atom stereocenters. The summed E-state index contributed by atoms with van der Waals surface area (Å²) in [4.78, 5) is 2.32. The number of aliphatic hydroxyl groups is 1. The van der Waals surface area contributed by atoms with Gasteiger partial charge >= 0.3 is 0 Å². The molecule has 0 aliphatic heterocycles. The molecule has 0 radical (unpaired) electrons. The minimum Gasteiger partial charge on any atom is -0.395 e. The van der Waals surface area contributed by atoms with Gasteiger partial charge in [-0.15, -0.1) is 0 Å². The SMILES string of the molecule is CCCNC1CCCCCC1CN(C)C(C)CO. The number of aliphatic hydroxyl groups excluding tert-OH is 1. The fourth-order valence-electron chi connectivity index (χ4n) is 2.89. The van der Waals surface area contributed by atoms with Crippen molar-refractivity contribution >= 4 is 0 Å². The van der Waals surface area contributed by atoms with Crippen molar-refractivity contribution < 1.29 is 5.11 Å². The summed E-state index contributed by atoms with van der Waals surface area (Å²) in [7, 11) is 2.14. The molecule has 18 heavy (non-hydrogen) atoms. The zero-order valence-electron chi connectivity index (χ0n) is 12.5. The first-order valence-electron chi connectivity index (χ1n) is 7.73. The van der Waals surface area contributed by atoms with Crippen LogP contribution in [0, 0.1) is 5.92 Å². The highest BCUT2D eigenvalue weighted by Crippen LogP contribution is 2.24. The van der Waals surface area contributed by atoms with E-state index in [9.17, 15) is 5.11 Å². The summed E-state index contributed by atoms with van der Waals surface area (Å²) in [5.74, 6) is 0.748. The van der Waals surface area contributed by atoms with Gasteiger partial charge in [0.25, 0.3) is 0 Å². The van der Waals surface area contributed by atoms with E-state index in [0.29, 0.717) is 6.04 Å². The van der Waals surface area contributed by atoms with E-state index in [-0.39, 0.29) is 12.6 Å². The third-order valence-corrected chi connectivity index (χ3v) is 4.35. The maximum Gasteiger partial charge on any atom is 0.0584 e. The summed E-state index contributed by atoms with van der Waals surface area (Å²) in [6, 6.07) is 0.959. The Hall–Kier alpha value is -0.120. The molecule has 3 heteroatoms. The average molecular weight is 256 g/mol. The van der Waals surface area contributed by atoms with Gasteiger partial charge in [0.05, 0.1) is 6.61 Å². The highest BCUT2D eigenvalue weighted by atomic mass is 16.3. The molecule has 3 atom stereocenters. The van der Waals surface area contributed by atoms with Gasteiger partial charge in [-0.1, -0.05) is 26.2 Å². The van der Waals surface area contributed by atoms with E-state index in [1.807, 2.05) is 0 Å². The monoisotopic (exact) mass is 256 g/mol. The number of nitrogens with one attached hydrogen (secondary N) is 1. The van der Waals surface area contributed by atoms with Gasteiger partial charge in [0.1, 0.15) is 0 Å². The standard InChI is InChI=1S/C15H32N2O/c1-4-10-16-15-9-7-5-6-8-14(15)11-17(3)13(2)12-18/h13-16,18H,4-12H2,1-3H3. The lowest BCUT2D eigenvalue weighted by Gasteiger charge is -2.32. The summed E-state index contributed by atoms with van der Waals surface area (Å²) in [5, 5.41) is 13.0. The molecule has 108 valence electrons. The lowest BCUT2D eigenvalue weighted by molar-refractivity contribution is 0.129. The zero-order valence-corrected chi connectivity index (χ0v) is 12.5. The number of likely N-dealkylation sites (N-methyl/N-ethyl adjacent to an activating group) is 1. The van der Waals surface area contributed by atoms with Crippen molar-refractivity contribution in [1.29, 1.82) is 0 Å². The molecule has 1 rings (SSSR count). The summed E-state index contributed by atoms with van der Waals surface area (Å²) in [5.41, 5.74) is 0. The predicted molar refractivity (Wildman–Crippen MR) is 77.8 cm³/mol. The number of hydrogen-bond acceptors (Lipinski definition) is 3. The van der Waals surface area contributed by atoms with Gasteiger partial charge in [-0.3, -0.25) is 0 Å². The van der Waals surface area contributed by atoms with Crippen molar-refractivity contribution in [3.63, 3.8) is 0 Å². The number of hydrogen-bond donors (Lipinski definition) is 2. The maximum absolute atomic E-state index is 9.24. The third kappa shape index (κ3) is 5.25. The molecule has 0 bridgehead atoms. The van der Waals surface area contributed by atoms with Crippen molar-refractivity contribution in [1.82, 2.24) is 10.2 Å². The van der Waals surface area contributed by atoms with Crippen LogP contribution in [0.4, 0.5) is 0 Å². The fourth-order valence-corrected chi connectivity index (χ4v) is 2.89. The Morgan fingerprint density at radius 3 is 2.67 bits per heavy atom. The van der Waals surface area contributed by atoms with E-state index >= 15 is 0 Å². The van der Waals surface area contributed by atoms with Crippen molar-refractivity contribution in [2.45, 2.75) is 64.5 Å². The Morgan fingerprint density at radius 2 is 2.00 bits per heavy atom. The third-order valence-electron chi connectivity index (χ3n) is 4.35. The Bertz CT molecular complexity index is 211. The number of nitrogens with zero attached hydrogens (tertiary/aromatic N) is 1. The van der Waals surface area contributed by atoms with Crippen LogP contribution < -0.4 is 5.32 Å². The lowest BCUT2D eigenvalue weighted by atomic mass is 9.93. The van der Waals surface area contributed by atoms with Gasteiger partial charge in [0.15, 0.2) is 0 Å². The van der Waals surface area contributed by atoms with Crippen LogP contribution in [-0.4, -0.2) is 48.8 Å². The van der Waals surface area contributed by atoms with Crippen LogP contribution in [0.5, 0.6) is 0 Å².